The Morgan fingerprint density at radius 1 is 0.905 bits per heavy atom. The van der Waals surface area contributed by atoms with E-state index in [-0.39, 0.29) is 29.3 Å². The van der Waals surface area contributed by atoms with Crippen molar-refractivity contribution in [2.45, 2.75) is 89.2 Å². The zero-order valence-electron chi connectivity index (χ0n) is 25.1. The molecule has 3 aromatic rings. The third-order valence-corrected chi connectivity index (χ3v) is 9.81. The lowest BCUT2D eigenvalue weighted by Crippen LogP contribution is -2.53. The lowest BCUT2D eigenvalue weighted by Gasteiger charge is -2.34. The van der Waals surface area contributed by atoms with Gasteiger partial charge in [0.1, 0.15) is 12.6 Å². The van der Waals surface area contributed by atoms with E-state index >= 15 is 0 Å². The minimum Gasteiger partial charge on any atom is -0.352 e. The second-order valence-corrected chi connectivity index (χ2v) is 13.4. The first-order valence-electron chi connectivity index (χ1n) is 14.9. The molecule has 2 amide bonds. The van der Waals surface area contributed by atoms with Gasteiger partial charge in [-0.15, -0.1) is 0 Å². The van der Waals surface area contributed by atoms with Crippen LogP contribution in [0.2, 0.25) is 0 Å². The second-order valence-electron chi connectivity index (χ2n) is 11.5. The molecule has 3 aromatic carbocycles. The molecule has 1 aliphatic rings. The minimum atomic E-state index is -4.09. The molecule has 1 N–H and O–H groups in total. The van der Waals surface area contributed by atoms with E-state index in [1.54, 1.807) is 41.3 Å². The van der Waals surface area contributed by atoms with E-state index in [9.17, 15) is 18.0 Å². The van der Waals surface area contributed by atoms with Crippen LogP contribution in [-0.2, 0) is 26.2 Å². The highest BCUT2D eigenvalue weighted by Gasteiger charge is 2.34. The summed E-state index contributed by atoms with van der Waals surface area (Å²) in [5.41, 5.74) is 3.27. The third-order valence-electron chi connectivity index (χ3n) is 8.02. The van der Waals surface area contributed by atoms with Crippen molar-refractivity contribution in [1.29, 1.82) is 0 Å². The Labute approximate surface area is 251 Å². The zero-order valence-corrected chi connectivity index (χ0v) is 25.9. The molecule has 0 aliphatic heterocycles. The predicted molar refractivity (Wildman–Crippen MR) is 168 cm³/mol. The van der Waals surface area contributed by atoms with Crippen molar-refractivity contribution < 1.29 is 18.0 Å². The number of sulfonamides is 1. The van der Waals surface area contributed by atoms with Gasteiger partial charge in [-0.3, -0.25) is 13.9 Å². The van der Waals surface area contributed by atoms with E-state index in [2.05, 4.69) is 19.2 Å². The van der Waals surface area contributed by atoms with Gasteiger partial charge in [-0.25, -0.2) is 8.42 Å². The summed E-state index contributed by atoms with van der Waals surface area (Å²) in [5, 5.41) is 3.15. The van der Waals surface area contributed by atoms with Crippen LogP contribution in [-0.4, -0.2) is 43.8 Å². The molecule has 1 aliphatic carbocycles. The molecule has 224 valence electrons. The molecule has 0 saturated heterocycles. The molecule has 42 heavy (non-hydrogen) atoms. The monoisotopic (exact) mass is 589 g/mol. The molecule has 0 heterocycles. The van der Waals surface area contributed by atoms with Crippen molar-refractivity contribution in [3.63, 3.8) is 0 Å². The molecule has 7 nitrogen and oxygen atoms in total. The number of amides is 2. The minimum absolute atomic E-state index is 0.106. The molecular weight excluding hydrogens is 546 g/mol. The maximum Gasteiger partial charge on any atom is 0.264 e. The summed E-state index contributed by atoms with van der Waals surface area (Å²) in [4.78, 5) is 29.4. The Bertz CT molecular complexity index is 1430. The first-order valence-corrected chi connectivity index (χ1v) is 16.4. The van der Waals surface area contributed by atoms with E-state index in [1.165, 1.54) is 4.31 Å². The van der Waals surface area contributed by atoms with Crippen LogP contribution in [0.3, 0.4) is 0 Å². The smallest absolute Gasteiger partial charge is 0.264 e. The highest BCUT2D eigenvalue weighted by molar-refractivity contribution is 7.92. The fraction of sp³-hybridized carbons (Fsp3) is 0.412. The lowest BCUT2D eigenvalue weighted by atomic mass is 10.0. The van der Waals surface area contributed by atoms with E-state index in [4.69, 9.17) is 0 Å². The number of benzene rings is 3. The molecule has 0 radical (unpaired) electrons. The van der Waals surface area contributed by atoms with Gasteiger partial charge < -0.3 is 10.2 Å². The molecule has 0 bridgehead atoms. The number of nitrogens with one attached hydrogen (secondary N) is 1. The highest BCUT2D eigenvalue weighted by atomic mass is 32.2. The Hall–Kier alpha value is -3.65. The summed E-state index contributed by atoms with van der Waals surface area (Å²) in [6, 6.07) is 22.8. The Kier molecular flexibility index (Phi) is 10.4. The van der Waals surface area contributed by atoms with Crippen molar-refractivity contribution in [2.75, 3.05) is 10.8 Å². The first kappa shape index (κ1) is 31.3. The summed E-state index contributed by atoms with van der Waals surface area (Å²) in [6.07, 6.45) is 4.43. The fourth-order valence-electron chi connectivity index (χ4n) is 5.46. The third kappa shape index (κ3) is 7.59. The quantitative estimate of drug-likeness (QED) is 0.273. The maximum atomic E-state index is 14.2. The fourth-order valence-corrected chi connectivity index (χ4v) is 6.87. The molecule has 1 atom stereocenters. The summed E-state index contributed by atoms with van der Waals surface area (Å²) >= 11 is 0. The Morgan fingerprint density at radius 3 is 2.10 bits per heavy atom. The van der Waals surface area contributed by atoms with Gasteiger partial charge in [-0.1, -0.05) is 93.8 Å². The number of aryl methyl sites for hydroxylation is 1. The van der Waals surface area contributed by atoms with Crippen molar-refractivity contribution in [2.24, 2.45) is 0 Å². The van der Waals surface area contributed by atoms with Crippen LogP contribution in [0.25, 0.3) is 0 Å². The van der Waals surface area contributed by atoms with E-state index in [0.717, 1.165) is 42.4 Å². The van der Waals surface area contributed by atoms with Crippen LogP contribution in [0.4, 0.5) is 5.69 Å². The van der Waals surface area contributed by atoms with Crippen LogP contribution in [0, 0.1) is 6.92 Å². The SMILES string of the molecule is CCC(C(=O)NC1CCCC1)N(Cc1ccccc1)C(=O)CN(c1ccc(C(C)C)cc1)S(=O)(=O)c1ccc(C)cc1. The van der Waals surface area contributed by atoms with Crippen LogP contribution < -0.4 is 9.62 Å². The van der Waals surface area contributed by atoms with Crippen molar-refractivity contribution in [3.8, 4) is 0 Å². The zero-order chi connectivity index (χ0) is 30.3. The maximum absolute atomic E-state index is 14.2. The van der Waals surface area contributed by atoms with Gasteiger partial charge in [0.05, 0.1) is 10.6 Å². The van der Waals surface area contributed by atoms with Gasteiger partial charge in [0.25, 0.3) is 10.0 Å². The topological polar surface area (TPSA) is 86.8 Å². The Morgan fingerprint density at radius 2 is 1.52 bits per heavy atom. The van der Waals surface area contributed by atoms with Crippen LogP contribution in [0.15, 0.2) is 83.8 Å². The summed E-state index contributed by atoms with van der Waals surface area (Å²) in [6.45, 7) is 7.68. The standard InChI is InChI=1S/C34H43N3O4S/c1-5-32(34(39)35-29-13-9-10-14-29)36(23-27-11-7-6-8-12-27)33(38)24-37(30-19-17-28(18-20-30)25(2)3)42(40,41)31-21-15-26(4)16-22-31/h6-8,11-12,15-22,25,29,32H,5,9-10,13-14,23-24H2,1-4H3,(H,35,39). The number of carbonyl (C=O) groups excluding carboxylic acids is 2. The van der Waals surface area contributed by atoms with Crippen LogP contribution >= 0.6 is 0 Å². The average molecular weight is 590 g/mol. The highest BCUT2D eigenvalue weighted by Crippen LogP contribution is 2.27. The molecule has 1 fully saturated rings. The first-order chi connectivity index (χ1) is 20.1. The van der Waals surface area contributed by atoms with Crippen LogP contribution in [0.1, 0.15) is 75.5 Å². The van der Waals surface area contributed by atoms with Gasteiger partial charge in [0.2, 0.25) is 11.8 Å². The average Bonchev–Trinajstić information content (AvgIpc) is 3.49. The van der Waals surface area contributed by atoms with Gasteiger partial charge in [-0.05, 0) is 67.5 Å². The van der Waals surface area contributed by atoms with Crippen molar-refractivity contribution >= 4 is 27.5 Å². The normalized spacial score (nSPS) is 14.5. The van der Waals surface area contributed by atoms with Crippen LogP contribution in [0.5, 0.6) is 0 Å². The second kappa shape index (κ2) is 14.0. The number of nitrogens with zero attached hydrogens (tertiary/aromatic N) is 2. The van der Waals surface area contributed by atoms with Gasteiger partial charge in [-0.2, -0.15) is 0 Å². The summed E-state index contributed by atoms with van der Waals surface area (Å²) in [7, 11) is -4.09. The van der Waals surface area contributed by atoms with E-state index in [0.29, 0.717) is 12.1 Å². The molecule has 8 heteroatoms. The van der Waals surface area contributed by atoms with Gasteiger partial charge >= 0.3 is 0 Å². The van der Waals surface area contributed by atoms with Gasteiger partial charge in [0.15, 0.2) is 0 Å². The number of anilines is 1. The molecule has 1 unspecified atom stereocenters. The van der Waals surface area contributed by atoms with Crippen molar-refractivity contribution in [3.05, 3.63) is 95.6 Å². The molecule has 0 aromatic heterocycles. The number of hydrogen-bond donors (Lipinski definition) is 1. The number of hydrogen-bond acceptors (Lipinski definition) is 4. The molecular formula is C34H43N3O4S. The largest absolute Gasteiger partial charge is 0.352 e. The molecule has 1 saturated carbocycles. The summed E-state index contributed by atoms with van der Waals surface area (Å²) in [5.74, 6) is -0.355. The van der Waals surface area contributed by atoms with Gasteiger partial charge in [0, 0.05) is 12.6 Å². The van der Waals surface area contributed by atoms with E-state index in [1.807, 2.05) is 56.3 Å². The lowest BCUT2D eigenvalue weighted by molar-refractivity contribution is -0.140. The molecule has 4 rings (SSSR count). The molecule has 0 spiro atoms. The summed E-state index contributed by atoms with van der Waals surface area (Å²) < 4.78 is 29.3. The van der Waals surface area contributed by atoms with Crippen molar-refractivity contribution in [1.82, 2.24) is 10.2 Å². The predicted octanol–water partition coefficient (Wildman–Crippen LogP) is 6.18. The number of carbonyl (C=O) groups is 2. The Balaban J connectivity index is 1.71. The number of rotatable bonds is 12. The van der Waals surface area contributed by atoms with E-state index < -0.39 is 28.5 Å².